The summed E-state index contributed by atoms with van der Waals surface area (Å²) in [6.45, 7) is 14.7. The van der Waals surface area contributed by atoms with Gasteiger partial charge in [0.05, 0.1) is 22.8 Å². The van der Waals surface area contributed by atoms with Gasteiger partial charge in [-0.3, -0.25) is 14.4 Å². The lowest BCUT2D eigenvalue weighted by Crippen LogP contribution is -2.30. The van der Waals surface area contributed by atoms with E-state index < -0.39 is 23.3 Å². The number of nitrogens with one attached hydrogen (secondary N) is 1. The van der Waals surface area contributed by atoms with Crippen molar-refractivity contribution in [2.75, 3.05) is 18.9 Å². The van der Waals surface area contributed by atoms with Crippen molar-refractivity contribution >= 4 is 45.6 Å². The number of unbranched alkanes of at least 4 members (excludes halogenated alkanes) is 5. The summed E-state index contributed by atoms with van der Waals surface area (Å²) in [5.41, 5.74) is 3.65. The number of likely N-dealkylation sites (tertiary alicyclic amines) is 1. The van der Waals surface area contributed by atoms with Crippen molar-refractivity contribution in [2.45, 2.75) is 124 Å². The Balaban J connectivity index is 1.03. The zero-order valence-corrected chi connectivity index (χ0v) is 34.6. The second kappa shape index (κ2) is 17.3. The van der Waals surface area contributed by atoms with Gasteiger partial charge in [-0.05, 0) is 118 Å². The summed E-state index contributed by atoms with van der Waals surface area (Å²) >= 11 is 0. The molecule has 1 atom stereocenters. The van der Waals surface area contributed by atoms with Crippen molar-refractivity contribution in [2.24, 2.45) is 0 Å². The molecule has 12 heteroatoms. The number of hydrogen-bond donors (Lipinski definition) is 1. The van der Waals surface area contributed by atoms with Gasteiger partial charge in [0.1, 0.15) is 22.7 Å². The summed E-state index contributed by atoms with van der Waals surface area (Å²) in [5.74, 6) is 5.96. The summed E-state index contributed by atoms with van der Waals surface area (Å²) in [6, 6.07) is 12.9. The van der Waals surface area contributed by atoms with Crippen LogP contribution in [0.2, 0.25) is 0 Å². The zero-order chi connectivity index (χ0) is 40.9. The Morgan fingerprint density at radius 2 is 1.63 bits per heavy atom. The van der Waals surface area contributed by atoms with Gasteiger partial charge in [0.15, 0.2) is 0 Å². The smallest absolute Gasteiger partial charge is 0.419 e. The Kier molecular flexibility index (Phi) is 12.5. The van der Waals surface area contributed by atoms with E-state index >= 15 is 0 Å². The van der Waals surface area contributed by atoms with E-state index in [0.717, 1.165) is 97.7 Å². The number of aryl methyl sites for hydroxylation is 2. The zero-order valence-electron chi connectivity index (χ0n) is 34.6. The molecular formula is C45H55N7O5. The van der Waals surface area contributed by atoms with Crippen LogP contribution in [0.4, 0.5) is 10.6 Å². The molecule has 1 fully saturated rings. The predicted octanol–water partition coefficient (Wildman–Crippen LogP) is 9.24. The monoisotopic (exact) mass is 773 g/mol. The van der Waals surface area contributed by atoms with Crippen LogP contribution in [-0.2, 0) is 16.0 Å². The molecule has 5 aromatic rings. The van der Waals surface area contributed by atoms with Gasteiger partial charge < -0.3 is 14.8 Å². The first-order chi connectivity index (χ1) is 27.1. The molecule has 0 saturated carbocycles. The molecule has 1 amide bonds. The van der Waals surface area contributed by atoms with Gasteiger partial charge in [0.25, 0.3) is 5.91 Å². The SMILES string of the molecule is Cc1nn(CCCCCCCC#Cc2ccc(C(=O)OC(C)(C)C)nc2)c2cc(C(=O)Nc3cc4c(cn3)cc([C@H]3CCCN3C)n4C(=O)OC(C)(C)C)ccc12. The Morgan fingerprint density at radius 3 is 2.33 bits per heavy atom. The Bertz CT molecular complexity index is 2320. The number of rotatable bonds is 11. The molecular weight excluding hydrogens is 719 g/mol. The van der Waals surface area contributed by atoms with E-state index in [9.17, 15) is 14.4 Å². The van der Waals surface area contributed by atoms with Crippen LogP contribution in [0.3, 0.4) is 0 Å². The predicted molar refractivity (Wildman–Crippen MR) is 222 cm³/mol. The van der Waals surface area contributed by atoms with Crippen LogP contribution in [0.5, 0.6) is 0 Å². The molecule has 0 radical (unpaired) electrons. The van der Waals surface area contributed by atoms with Gasteiger partial charge in [-0.1, -0.05) is 37.2 Å². The van der Waals surface area contributed by atoms with Gasteiger partial charge in [0.2, 0.25) is 0 Å². The lowest BCUT2D eigenvalue weighted by Gasteiger charge is -2.24. The molecule has 1 aliphatic rings. The maximum absolute atomic E-state index is 13.6. The van der Waals surface area contributed by atoms with Crippen molar-refractivity contribution in [3.8, 4) is 11.8 Å². The van der Waals surface area contributed by atoms with Crippen LogP contribution in [0.25, 0.3) is 21.8 Å². The third-order valence-electron chi connectivity index (χ3n) is 9.87. The molecule has 57 heavy (non-hydrogen) atoms. The molecule has 12 nitrogen and oxygen atoms in total. The van der Waals surface area contributed by atoms with E-state index in [2.05, 4.69) is 39.1 Å². The van der Waals surface area contributed by atoms with Crippen molar-refractivity contribution in [3.05, 3.63) is 83.1 Å². The molecule has 1 aromatic carbocycles. The minimum atomic E-state index is -0.669. The number of carbonyl (C=O) groups excluding carboxylic acids is 3. The van der Waals surface area contributed by atoms with E-state index in [4.69, 9.17) is 14.6 Å². The van der Waals surface area contributed by atoms with Crippen molar-refractivity contribution < 1.29 is 23.9 Å². The number of nitrogens with zero attached hydrogens (tertiary/aromatic N) is 6. The van der Waals surface area contributed by atoms with Gasteiger partial charge >= 0.3 is 12.1 Å². The maximum Gasteiger partial charge on any atom is 0.419 e. The van der Waals surface area contributed by atoms with Gasteiger partial charge in [-0.25, -0.2) is 24.1 Å². The van der Waals surface area contributed by atoms with Crippen molar-refractivity contribution in [3.63, 3.8) is 0 Å². The second-order valence-corrected chi connectivity index (χ2v) is 16.9. The lowest BCUT2D eigenvalue weighted by molar-refractivity contribution is 0.00624. The highest BCUT2D eigenvalue weighted by atomic mass is 16.6. The third kappa shape index (κ3) is 10.5. The van der Waals surface area contributed by atoms with E-state index in [0.29, 0.717) is 16.9 Å². The molecule has 5 heterocycles. The fourth-order valence-electron chi connectivity index (χ4n) is 7.16. The van der Waals surface area contributed by atoms with Crippen LogP contribution in [0.1, 0.15) is 137 Å². The standard InChI is InChI=1S/C45H55N7O5/c1-30-34-21-20-32(41(53)48-40-27-37-33(29-47-40)26-39(36-18-16-23-50(36)8)52(37)43(55)57-45(5,6)7)25-38(34)51(49-30)24-15-13-11-9-10-12-14-17-31-19-22-35(46-28-31)42(54)56-44(2,3)4/h19-22,25-29,36H,9-13,15-16,18,23-24H2,1-8H3,(H,47,48,53)/t36-/m1/s1. The number of fused-ring (bicyclic) bond motifs is 2. The molecule has 1 saturated heterocycles. The average Bonchev–Trinajstić information content (AvgIpc) is 3.83. The number of anilines is 1. The first kappa shape index (κ1) is 41.1. The number of esters is 1. The maximum atomic E-state index is 13.6. The van der Waals surface area contributed by atoms with Gasteiger partial charge in [0, 0.05) is 59.0 Å². The van der Waals surface area contributed by atoms with Crippen molar-refractivity contribution in [1.82, 2.24) is 29.2 Å². The van der Waals surface area contributed by atoms with Crippen LogP contribution in [0.15, 0.2) is 54.9 Å². The Labute approximate surface area is 335 Å². The lowest BCUT2D eigenvalue weighted by atomic mass is 10.1. The number of aromatic nitrogens is 5. The number of ether oxygens (including phenoxy) is 2. The minimum absolute atomic E-state index is 0.0807. The fraction of sp³-hybridized carbons (Fsp3) is 0.467. The van der Waals surface area contributed by atoms with Crippen molar-refractivity contribution in [1.29, 1.82) is 0 Å². The molecule has 6 rings (SSSR count). The molecule has 1 N–H and O–H groups in total. The van der Waals surface area contributed by atoms with Crippen LogP contribution < -0.4 is 5.32 Å². The van der Waals surface area contributed by atoms with E-state index in [1.165, 1.54) is 0 Å². The summed E-state index contributed by atoms with van der Waals surface area (Å²) in [4.78, 5) is 50.4. The third-order valence-corrected chi connectivity index (χ3v) is 9.87. The van der Waals surface area contributed by atoms with Gasteiger partial charge in [-0.15, -0.1) is 0 Å². The molecule has 4 aromatic heterocycles. The molecule has 0 bridgehead atoms. The van der Waals surface area contributed by atoms with E-state index in [1.807, 2.05) is 77.4 Å². The highest BCUT2D eigenvalue weighted by Gasteiger charge is 2.31. The molecule has 300 valence electrons. The molecule has 1 aliphatic heterocycles. The summed E-state index contributed by atoms with van der Waals surface area (Å²) in [6.07, 6.45) is 10.8. The van der Waals surface area contributed by atoms with Crippen LogP contribution >= 0.6 is 0 Å². The number of carbonyl (C=O) groups is 3. The first-order valence-corrected chi connectivity index (χ1v) is 20.0. The summed E-state index contributed by atoms with van der Waals surface area (Å²) < 4.78 is 14.8. The van der Waals surface area contributed by atoms with Crippen LogP contribution in [-0.4, -0.2) is 72.0 Å². The average molecular weight is 774 g/mol. The van der Waals surface area contributed by atoms with Crippen LogP contribution in [0, 0.1) is 18.8 Å². The molecule has 0 unspecified atom stereocenters. The highest BCUT2D eigenvalue weighted by Crippen LogP contribution is 2.35. The summed E-state index contributed by atoms with van der Waals surface area (Å²) in [5, 5.41) is 9.57. The second-order valence-electron chi connectivity index (χ2n) is 16.9. The number of benzene rings is 1. The van der Waals surface area contributed by atoms with E-state index in [1.54, 1.807) is 35.2 Å². The number of amides is 1. The van der Waals surface area contributed by atoms with Gasteiger partial charge in [-0.2, -0.15) is 5.10 Å². The Hall–Kier alpha value is -5.54. The quantitative estimate of drug-likeness (QED) is 0.0792. The largest absolute Gasteiger partial charge is 0.455 e. The number of hydrogen-bond acceptors (Lipinski definition) is 9. The fourth-order valence-corrected chi connectivity index (χ4v) is 7.16. The van der Waals surface area contributed by atoms with E-state index in [-0.39, 0.29) is 17.6 Å². The Morgan fingerprint density at radius 1 is 0.877 bits per heavy atom. The normalized spacial score (nSPS) is 14.8. The topological polar surface area (TPSA) is 133 Å². The summed E-state index contributed by atoms with van der Waals surface area (Å²) in [7, 11) is 2.07. The molecule has 0 aliphatic carbocycles. The minimum Gasteiger partial charge on any atom is -0.455 e. The first-order valence-electron chi connectivity index (χ1n) is 20.0. The molecule has 0 spiro atoms. The highest BCUT2D eigenvalue weighted by molar-refractivity contribution is 6.06. The number of pyridine rings is 2.